The molecule has 1 saturated carbocycles. The number of aromatic nitrogens is 2. The summed E-state index contributed by atoms with van der Waals surface area (Å²) in [6.45, 7) is 9.37. The summed E-state index contributed by atoms with van der Waals surface area (Å²) in [5, 5.41) is 3.85. The van der Waals surface area contributed by atoms with Crippen LogP contribution in [0, 0.1) is 19.1 Å². The topological polar surface area (TPSA) is 38.9 Å². The molecule has 3 nitrogen and oxygen atoms in total. The van der Waals surface area contributed by atoms with E-state index in [1.807, 2.05) is 60.8 Å². The Morgan fingerprint density at radius 3 is 1.98 bits per heavy atom. The molecule has 1 aliphatic rings. The summed E-state index contributed by atoms with van der Waals surface area (Å²) in [6.07, 6.45) is 9.54. The second-order valence-corrected chi connectivity index (χ2v) is 18.7. The summed E-state index contributed by atoms with van der Waals surface area (Å²) in [4.78, 5) is 9.33. The summed E-state index contributed by atoms with van der Waals surface area (Å²) in [7, 11) is -1.34. The predicted octanol–water partition coefficient (Wildman–Crippen LogP) is 11.2. The Balaban J connectivity index is 0.000000168. The Morgan fingerprint density at radius 1 is 0.688 bits per heavy atom. The van der Waals surface area contributed by atoms with E-state index in [2.05, 4.69) is 98.4 Å². The summed E-state index contributed by atoms with van der Waals surface area (Å²) < 4.78 is 6.05. The molecule has 0 aliphatic heterocycles. The minimum absolute atomic E-state index is 0. The molecule has 7 aromatic rings. The first-order valence-electron chi connectivity index (χ1n) is 16.7. The zero-order valence-corrected chi connectivity index (χ0v) is 31.4. The molecule has 0 amide bonds. The fourth-order valence-corrected chi connectivity index (χ4v) is 8.39. The first-order valence-corrected chi connectivity index (χ1v) is 20.2. The van der Waals surface area contributed by atoms with Gasteiger partial charge in [0.2, 0.25) is 0 Å². The molecule has 1 radical (unpaired) electrons. The molecule has 0 atom stereocenters. The number of furan rings is 1. The van der Waals surface area contributed by atoms with Crippen LogP contribution in [0.5, 0.6) is 0 Å². The fraction of sp³-hybridized carbons (Fsp3) is 0.209. The molecule has 1 fully saturated rings. The van der Waals surface area contributed by atoms with E-state index in [1.165, 1.54) is 25.7 Å². The molecule has 8 rings (SSSR count). The van der Waals surface area contributed by atoms with Gasteiger partial charge in [-0.15, -0.1) is 71.8 Å². The Bertz CT molecular complexity index is 2150. The third-order valence-corrected chi connectivity index (χ3v) is 11.3. The van der Waals surface area contributed by atoms with Crippen LogP contribution in [0.1, 0.15) is 42.7 Å². The molecule has 5 heteroatoms. The van der Waals surface area contributed by atoms with Crippen molar-refractivity contribution in [3.63, 3.8) is 0 Å². The maximum atomic E-state index is 6.05. The van der Waals surface area contributed by atoms with Crippen molar-refractivity contribution in [2.75, 3.05) is 0 Å². The van der Waals surface area contributed by atoms with Gasteiger partial charge < -0.3 is 14.4 Å². The van der Waals surface area contributed by atoms with Crippen molar-refractivity contribution in [1.82, 2.24) is 9.97 Å². The smallest absolute Gasteiger partial charge is 0.136 e. The van der Waals surface area contributed by atoms with E-state index in [0.29, 0.717) is 0 Å². The number of hydrogen-bond acceptors (Lipinski definition) is 3. The molecule has 1 aliphatic carbocycles. The molecule has 0 bridgehead atoms. The Hall–Kier alpha value is -4.15. The number of benzene rings is 4. The van der Waals surface area contributed by atoms with Gasteiger partial charge in [-0.3, -0.25) is 0 Å². The SMILES string of the molecule is C[Si](C)(C)c1cnc(-c2[c-]cccc2)cc1C1CCCC1.Cc1cnc(-c2[c-]cccc2)cc1-c1ccc2c(c1)oc1ccccc12.[Ir]. The van der Waals surface area contributed by atoms with Gasteiger partial charge in [-0.25, -0.2) is 0 Å². The van der Waals surface area contributed by atoms with Crippen LogP contribution in [0.3, 0.4) is 0 Å². The van der Waals surface area contributed by atoms with Gasteiger partial charge in [-0.2, -0.15) is 0 Å². The van der Waals surface area contributed by atoms with E-state index in [0.717, 1.165) is 67.1 Å². The number of para-hydroxylation sites is 1. The number of aryl methyl sites for hydroxylation is 1. The van der Waals surface area contributed by atoms with Crippen molar-refractivity contribution in [2.24, 2.45) is 0 Å². The van der Waals surface area contributed by atoms with Crippen molar-refractivity contribution in [3.05, 3.63) is 139 Å². The van der Waals surface area contributed by atoms with Crippen molar-refractivity contribution >= 4 is 35.2 Å². The van der Waals surface area contributed by atoms with Crippen molar-refractivity contribution in [1.29, 1.82) is 0 Å². The van der Waals surface area contributed by atoms with Crippen LogP contribution in [0.2, 0.25) is 19.6 Å². The van der Waals surface area contributed by atoms with Gasteiger partial charge in [0.15, 0.2) is 0 Å². The number of rotatable bonds is 5. The summed E-state index contributed by atoms with van der Waals surface area (Å²) in [5.41, 5.74) is 11.0. The maximum Gasteiger partial charge on any atom is 0.136 e. The predicted molar refractivity (Wildman–Crippen MR) is 199 cm³/mol. The zero-order valence-electron chi connectivity index (χ0n) is 28.0. The number of fused-ring (bicyclic) bond motifs is 3. The van der Waals surface area contributed by atoms with E-state index in [9.17, 15) is 0 Å². The third kappa shape index (κ3) is 7.15. The molecule has 3 heterocycles. The second-order valence-electron chi connectivity index (χ2n) is 13.6. The number of hydrogen-bond donors (Lipinski definition) is 0. The van der Waals surface area contributed by atoms with Gasteiger partial charge >= 0.3 is 0 Å². The number of pyridine rings is 2. The number of nitrogens with zero attached hydrogens (tertiary/aromatic N) is 2. The standard InChI is InChI=1S/C24H16NO.C19H24NSi.Ir/c1-16-15-25-22(17-7-3-2-4-8-17)14-21(16)18-11-12-20-19-9-5-6-10-23(19)26-24(20)13-18;1-21(2,3)19-14-20-18(16-11-5-4-6-12-16)13-17(19)15-9-7-8-10-15;/h2-7,9-15H,1H3;4-6,11,13-15H,7-10H2,1-3H3;/q2*-1;. The molecular weight excluding hydrogens is 781 g/mol. The molecular formula is C43H40IrN2OSi-2. The Morgan fingerprint density at radius 2 is 1.31 bits per heavy atom. The second kappa shape index (κ2) is 14.5. The molecule has 0 N–H and O–H groups in total. The normalized spacial score (nSPS) is 13.2. The van der Waals surface area contributed by atoms with Gasteiger partial charge in [0.1, 0.15) is 11.2 Å². The summed E-state index contributed by atoms with van der Waals surface area (Å²) in [6, 6.07) is 41.7. The molecule has 0 saturated heterocycles. The Labute approximate surface area is 298 Å². The van der Waals surface area contributed by atoms with Gasteiger partial charge in [-0.05, 0) is 77.1 Å². The monoisotopic (exact) mass is 821 g/mol. The molecule has 0 unspecified atom stereocenters. The van der Waals surface area contributed by atoms with Gasteiger partial charge in [0, 0.05) is 43.3 Å². The maximum absolute atomic E-state index is 6.05. The van der Waals surface area contributed by atoms with Crippen LogP contribution in [0.4, 0.5) is 0 Å². The van der Waals surface area contributed by atoms with Crippen LogP contribution in [0.15, 0.2) is 120 Å². The third-order valence-electron chi connectivity index (χ3n) is 9.30. The molecule has 48 heavy (non-hydrogen) atoms. The van der Waals surface area contributed by atoms with E-state index in [-0.39, 0.29) is 20.1 Å². The minimum Gasteiger partial charge on any atom is -0.456 e. The van der Waals surface area contributed by atoms with E-state index in [1.54, 1.807) is 10.8 Å². The fourth-order valence-electron chi connectivity index (χ4n) is 6.80. The van der Waals surface area contributed by atoms with Crippen LogP contribution in [0.25, 0.3) is 55.6 Å². The van der Waals surface area contributed by atoms with Crippen LogP contribution in [-0.2, 0) is 20.1 Å². The largest absolute Gasteiger partial charge is 0.456 e. The minimum atomic E-state index is -1.34. The average molecular weight is 821 g/mol. The first-order chi connectivity index (χ1) is 22.8. The summed E-state index contributed by atoms with van der Waals surface area (Å²) in [5.74, 6) is 0.747. The Kier molecular flexibility index (Phi) is 10.2. The van der Waals surface area contributed by atoms with Gasteiger partial charge in [0.25, 0.3) is 0 Å². The van der Waals surface area contributed by atoms with Crippen molar-refractivity contribution < 1.29 is 24.5 Å². The van der Waals surface area contributed by atoms with Crippen LogP contribution in [-0.4, -0.2) is 18.0 Å². The molecule has 3 aromatic heterocycles. The van der Waals surface area contributed by atoms with E-state index in [4.69, 9.17) is 9.40 Å². The first kappa shape index (κ1) is 33.7. The molecule has 243 valence electrons. The summed E-state index contributed by atoms with van der Waals surface area (Å²) >= 11 is 0. The van der Waals surface area contributed by atoms with E-state index < -0.39 is 8.07 Å². The van der Waals surface area contributed by atoms with Gasteiger partial charge in [-0.1, -0.05) is 74.4 Å². The van der Waals surface area contributed by atoms with Crippen LogP contribution < -0.4 is 5.19 Å². The van der Waals surface area contributed by atoms with Crippen molar-refractivity contribution in [2.45, 2.75) is 58.2 Å². The quantitative estimate of drug-likeness (QED) is 0.128. The molecule has 0 spiro atoms. The van der Waals surface area contributed by atoms with Gasteiger partial charge in [0.05, 0.1) is 8.07 Å². The molecule has 4 aromatic carbocycles. The average Bonchev–Trinajstić information content (AvgIpc) is 3.77. The van der Waals surface area contributed by atoms with Crippen molar-refractivity contribution in [3.8, 4) is 33.6 Å². The van der Waals surface area contributed by atoms with Crippen LogP contribution >= 0.6 is 0 Å². The zero-order chi connectivity index (χ0) is 32.4. The van der Waals surface area contributed by atoms with E-state index >= 15 is 0 Å².